The fourth-order valence-electron chi connectivity index (χ4n) is 3.44. The Bertz CT molecular complexity index is 1000. The topological polar surface area (TPSA) is 65.5 Å². The highest BCUT2D eigenvalue weighted by Crippen LogP contribution is 2.34. The average Bonchev–Trinajstić information content (AvgIpc) is 3.58. The lowest BCUT2D eigenvalue weighted by molar-refractivity contribution is -0.137. The quantitative estimate of drug-likeness (QED) is 0.759. The molecule has 4 rings (SSSR count). The Morgan fingerprint density at radius 3 is 2.42 bits per heavy atom. The van der Waals surface area contributed by atoms with Crippen molar-refractivity contribution in [1.29, 1.82) is 0 Å². The Balaban J connectivity index is 1.38. The highest BCUT2D eigenvalue weighted by Gasteiger charge is 2.33. The summed E-state index contributed by atoms with van der Waals surface area (Å²) in [5.74, 6) is 0.136. The van der Waals surface area contributed by atoms with Crippen molar-refractivity contribution in [2.45, 2.75) is 19.0 Å². The maximum atomic E-state index is 12.9. The molecular formula is C21H20ClF3N4O2. The molecule has 1 N–H and O–H groups in total. The summed E-state index contributed by atoms with van der Waals surface area (Å²) in [6.45, 7) is 1.52. The van der Waals surface area contributed by atoms with Gasteiger partial charge in [-0.15, -0.1) is 0 Å². The number of pyridine rings is 1. The zero-order chi connectivity index (χ0) is 22.2. The van der Waals surface area contributed by atoms with Gasteiger partial charge in [-0.1, -0.05) is 17.7 Å². The minimum atomic E-state index is -4.51. The van der Waals surface area contributed by atoms with Gasteiger partial charge >= 0.3 is 6.18 Å². The van der Waals surface area contributed by atoms with E-state index in [0.717, 1.165) is 25.1 Å². The van der Waals surface area contributed by atoms with Gasteiger partial charge in [0.25, 0.3) is 5.91 Å². The molecule has 31 heavy (non-hydrogen) atoms. The first-order valence-electron chi connectivity index (χ1n) is 9.90. The molecule has 0 unspecified atom stereocenters. The Kier molecular flexibility index (Phi) is 5.79. The fraction of sp³-hybridized carbons (Fsp3) is 0.381. The highest BCUT2D eigenvalue weighted by molar-refractivity contribution is 6.33. The number of hydrogen-bond donors (Lipinski definition) is 1. The Morgan fingerprint density at radius 2 is 1.81 bits per heavy atom. The van der Waals surface area contributed by atoms with Gasteiger partial charge in [0.2, 0.25) is 5.91 Å². The Hall–Kier alpha value is -2.81. The Labute approximate surface area is 182 Å². The van der Waals surface area contributed by atoms with Crippen LogP contribution in [0.25, 0.3) is 0 Å². The SMILES string of the molecule is O=C(Nc1cccc(C(=O)N2CCN(c3ncc(C(F)(F)F)cc3Cl)CC2)c1)C1CC1. The molecule has 1 aromatic carbocycles. The zero-order valence-corrected chi connectivity index (χ0v) is 17.2. The number of rotatable bonds is 4. The summed E-state index contributed by atoms with van der Waals surface area (Å²) in [5.41, 5.74) is 0.151. The third-order valence-electron chi connectivity index (χ3n) is 5.34. The van der Waals surface area contributed by atoms with E-state index in [0.29, 0.717) is 37.4 Å². The molecule has 0 spiro atoms. The minimum absolute atomic E-state index is 0.0286. The third kappa shape index (κ3) is 4.92. The Morgan fingerprint density at radius 1 is 1.10 bits per heavy atom. The maximum Gasteiger partial charge on any atom is 0.417 e. The number of carbonyl (C=O) groups excluding carboxylic acids is 2. The summed E-state index contributed by atoms with van der Waals surface area (Å²) in [6, 6.07) is 7.67. The van der Waals surface area contributed by atoms with Crippen LogP contribution in [0.3, 0.4) is 0 Å². The minimum Gasteiger partial charge on any atom is -0.352 e. The molecule has 2 aromatic rings. The normalized spacial score (nSPS) is 16.9. The number of amides is 2. The van der Waals surface area contributed by atoms with E-state index < -0.39 is 11.7 Å². The molecule has 1 saturated heterocycles. The van der Waals surface area contributed by atoms with Gasteiger partial charge in [-0.25, -0.2) is 4.98 Å². The van der Waals surface area contributed by atoms with E-state index in [4.69, 9.17) is 11.6 Å². The predicted molar refractivity (Wildman–Crippen MR) is 110 cm³/mol. The van der Waals surface area contributed by atoms with Gasteiger partial charge in [0, 0.05) is 49.5 Å². The van der Waals surface area contributed by atoms with E-state index in [2.05, 4.69) is 10.3 Å². The monoisotopic (exact) mass is 452 g/mol. The molecule has 1 aliphatic carbocycles. The molecule has 0 atom stereocenters. The van der Waals surface area contributed by atoms with Crippen LogP contribution in [0.15, 0.2) is 36.5 Å². The summed E-state index contributed by atoms with van der Waals surface area (Å²) in [5, 5.41) is 2.76. The number of nitrogens with one attached hydrogen (secondary N) is 1. The second-order valence-electron chi connectivity index (χ2n) is 7.65. The molecule has 2 fully saturated rings. The van der Waals surface area contributed by atoms with Crippen molar-refractivity contribution in [3.05, 3.63) is 52.7 Å². The van der Waals surface area contributed by atoms with Crippen molar-refractivity contribution in [3.8, 4) is 0 Å². The number of carbonyl (C=O) groups is 2. The first kappa shape index (κ1) is 21.4. The van der Waals surface area contributed by atoms with Gasteiger partial charge in [-0.3, -0.25) is 9.59 Å². The van der Waals surface area contributed by atoms with Crippen LogP contribution in [0.4, 0.5) is 24.7 Å². The van der Waals surface area contributed by atoms with Gasteiger partial charge in [-0.05, 0) is 37.1 Å². The number of hydrogen-bond acceptors (Lipinski definition) is 4. The first-order valence-corrected chi connectivity index (χ1v) is 10.3. The summed E-state index contributed by atoms with van der Waals surface area (Å²) in [7, 11) is 0. The standard InChI is InChI=1S/C21H20ClF3N4O2/c22-17-11-15(21(23,24)25)12-26-18(17)28-6-8-29(9-7-28)20(31)14-2-1-3-16(10-14)27-19(30)13-4-5-13/h1-3,10-13H,4-9H2,(H,27,30). The van der Waals surface area contributed by atoms with Crippen molar-refractivity contribution in [1.82, 2.24) is 9.88 Å². The van der Waals surface area contributed by atoms with Crippen molar-refractivity contribution >= 4 is 34.9 Å². The summed E-state index contributed by atoms with van der Waals surface area (Å²) in [6.07, 6.45) is -1.95. The molecule has 0 radical (unpaired) electrons. The van der Waals surface area contributed by atoms with Crippen molar-refractivity contribution in [2.75, 3.05) is 36.4 Å². The van der Waals surface area contributed by atoms with E-state index >= 15 is 0 Å². The van der Waals surface area contributed by atoms with Crippen molar-refractivity contribution < 1.29 is 22.8 Å². The molecule has 1 aromatic heterocycles. The van der Waals surface area contributed by atoms with Crippen molar-refractivity contribution in [2.24, 2.45) is 5.92 Å². The van der Waals surface area contributed by atoms with Crippen LogP contribution in [-0.4, -0.2) is 47.9 Å². The van der Waals surface area contributed by atoms with E-state index in [9.17, 15) is 22.8 Å². The molecule has 6 nitrogen and oxygen atoms in total. The number of halogens is 4. The number of benzene rings is 1. The number of nitrogens with zero attached hydrogens (tertiary/aromatic N) is 3. The van der Waals surface area contributed by atoms with E-state index in [-0.39, 0.29) is 28.6 Å². The van der Waals surface area contributed by atoms with Crippen LogP contribution < -0.4 is 10.2 Å². The van der Waals surface area contributed by atoms with Crippen LogP contribution in [0.5, 0.6) is 0 Å². The van der Waals surface area contributed by atoms with Gasteiger partial charge in [0.15, 0.2) is 0 Å². The van der Waals surface area contributed by atoms with Gasteiger partial charge in [-0.2, -0.15) is 13.2 Å². The largest absolute Gasteiger partial charge is 0.417 e. The molecule has 2 amide bonds. The van der Waals surface area contributed by atoms with Crippen molar-refractivity contribution in [3.63, 3.8) is 0 Å². The number of aromatic nitrogens is 1. The zero-order valence-electron chi connectivity index (χ0n) is 16.5. The molecule has 1 aliphatic heterocycles. The highest BCUT2D eigenvalue weighted by atomic mass is 35.5. The van der Waals surface area contributed by atoms with Gasteiger partial charge in [0.05, 0.1) is 10.6 Å². The van der Waals surface area contributed by atoms with Crippen LogP contribution >= 0.6 is 11.6 Å². The smallest absolute Gasteiger partial charge is 0.352 e. The second-order valence-corrected chi connectivity index (χ2v) is 8.06. The predicted octanol–water partition coefficient (Wildman–Crippen LogP) is 4.06. The molecule has 2 aliphatic rings. The lowest BCUT2D eigenvalue weighted by atomic mass is 10.1. The lowest BCUT2D eigenvalue weighted by Crippen LogP contribution is -2.49. The molecule has 0 bridgehead atoms. The van der Waals surface area contributed by atoms with Crippen LogP contribution in [0.2, 0.25) is 5.02 Å². The number of anilines is 2. The van der Waals surface area contributed by atoms with E-state index in [1.165, 1.54) is 0 Å². The summed E-state index contributed by atoms with van der Waals surface area (Å²) < 4.78 is 38.4. The first-order chi connectivity index (χ1) is 14.7. The maximum absolute atomic E-state index is 12.9. The second kappa shape index (κ2) is 8.37. The molecule has 2 heterocycles. The van der Waals surface area contributed by atoms with Crippen LogP contribution in [0, 0.1) is 5.92 Å². The van der Waals surface area contributed by atoms with Crippen LogP contribution in [-0.2, 0) is 11.0 Å². The van der Waals surface area contributed by atoms with E-state index in [1.807, 2.05) is 0 Å². The summed E-state index contributed by atoms with van der Waals surface area (Å²) in [4.78, 5) is 32.1. The fourth-order valence-corrected chi connectivity index (χ4v) is 3.73. The molecule has 164 valence electrons. The van der Waals surface area contributed by atoms with Gasteiger partial charge in [0.1, 0.15) is 5.82 Å². The van der Waals surface area contributed by atoms with E-state index in [1.54, 1.807) is 34.1 Å². The molecular weight excluding hydrogens is 433 g/mol. The van der Waals surface area contributed by atoms with Gasteiger partial charge < -0.3 is 15.1 Å². The van der Waals surface area contributed by atoms with Crippen LogP contribution in [0.1, 0.15) is 28.8 Å². The average molecular weight is 453 g/mol. The third-order valence-corrected chi connectivity index (χ3v) is 5.62. The number of alkyl halides is 3. The number of piperazine rings is 1. The molecule has 10 heteroatoms. The molecule has 1 saturated carbocycles. The summed E-state index contributed by atoms with van der Waals surface area (Å²) >= 11 is 6.03. The lowest BCUT2D eigenvalue weighted by Gasteiger charge is -2.36.